The third kappa shape index (κ3) is 5.39. The first kappa shape index (κ1) is 24.8. The molecule has 3 aromatic carbocycles. The number of ether oxygens (including phenoxy) is 2. The molecule has 178 valence electrons. The van der Waals surface area contributed by atoms with E-state index in [2.05, 4.69) is 11.9 Å². The van der Waals surface area contributed by atoms with Gasteiger partial charge < -0.3 is 19.9 Å². The summed E-state index contributed by atoms with van der Waals surface area (Å²) in [4.78, 5) is 24.0. The summed E-state index contributed by atoms with van der Waals surface area (Å²) in [6.07, 6.45) is 1.30. The number of nitrogens with one attached hydrogen (secondary N) is 1. The van der Waals surface area contributed by atoms with Crippen LogP contribution in [-0.2, 0) is 16.9 Å². The van der Waals surface area contributed by atoms with Gasteiger partial charge in [0.2, 0.25) is 5.75 Å². The predicted octanol–water partition coefficient (Wildman–Crippen LogP) is 5.02. The number of carboxylic acid groups (broad SMARTS) is 1. The van der Waals surface area contributed by atoms with Gasteiger partial charge in [0.1, 0.15) is 6.61 Å². The van der Waals surface area contributed by atoms with Gasteiger partial charge >= 0.3 is 11.7 Å². The number of nitriles is 1. The fraction of sp³-hybridized carbons (Fsp3) is 0.154. The van der Waals surface area contributed by atoms with Crippen LogP contribution in [0.15, 0.2) is 79.4 Å². The van der Waals surface area contributed by atoms with Crippen LogP contribution in [-0.4, -0.2) is 23.1 Å². The van der Waals surface area contributed by atoms with E-state index in [-0.39, 0.29) is 30.1 Å². The van der Waals surface area contributed by atoms with Gasteiger partial charge in [0, 0.05) is 18.2 Å². The molecule has 0 amide bonds. The minimum absolute atomic E-state index is 0.0152. The van der Waals surface area contributed by atoms with Crippen molar-refractivity contribution < 1.29 is 24.3 Å². The molecule has 0 saturated carbocycles. The Morgan fingerprint density at radius 2 is 1.91 bits per heavy atom. The van der Waals surface area contributed by atoms with Crippen LogP contribution in [0.3, 0.4) is 0 Å². The Kier molecular flexibility index (Phi) is 7.69. The third-order valence-electron chi connectivity index (χ3n) is 5.36. The normalized spacial score (nSPS) is 12.0. The summed E-state index contributed by atoms with van der Waals surface area (Å²) in [5.41, 5.74) is -0.582. The molecule has 2 N–H and O–H groups in total. The molecular formula is C26H23N3O6. The maximum absolute atomic E-state index is 12.6. The first-order valence-corrected chi connectivity index (χ1v) is 10.5. The largest absolute Gasteiger partial charge is 0.493 e. The van der Waals surface area contributed by atoms with E-state index < -0.39 is 22.1 Å². The Bertz CT molecular complexity index is 1270. The van der Waals surface area contributed by atoms with Crippen molar-refractivity contribution in [2.75, 3.05) is 12.4 Å². The lowest BCUT2D eigenvalue weighted by Crippen LogP contribution is -2.43. The standard InChI is InChI=1S/C26H23N3O6/c1-3-13-26(25(30)31,28-21-11-9-18(16-27)10-12-21)20-14-22(29(32)33)24(23(15-20)34-2)35-17-19-7-5-4-6-8-19/h3-12,14-15,28H,1,13,17H2,2H3,(H,30,31). The maximum atomic E-state index is 12.6. The van der Waals surface area contributed by atoms with Crippen LogP contribution in [0.25, 0.3) is 0 Å². The second-order valence-electron chi connectivity index (χ2n) is 7.58. The van der Waals surface area contributed by atoms with Crippen LogP contribution in [0.2, 0.25) is 0 Å². The number of carbonyl (C=O) groups is 1. The number of hydrogen-bond donors (Lipinski definition) is 2. The molecule has 0 aliphatic carbocycles. The van der Waals surface area contributed by atoms with E-state index in [1.54, 1.807) is 12.1 Å². The first-order valence-electron chi connectivity index (χ1n) is 10.5. The summed E-state index contributed by atoms with van der Waals surface area (Å²) >= 11 is 0. The Morgan fingerprint density at radius 3 is 2.46 bits per heavy atom. The van der Waals surface area contributed by atoms with Crippen molar-refractivity contribution >= 4 is 17.3 Å². The van der Waals surface area contributed by atoms with Crippen LogP contribution in [0.4, 0.5) is 11.4 Å². The van der Waals surface area contributed by atoms with Crippen LogP contribution in [0, 0.1) is 21.4 Å². The number of nitrogens with zero attached hydrogens (tertiary/aromatic N) is 2. The smallest absolute Gasteiger partial charge is 0.334 e. The molecule has 0 bridgehead atoms. The molecule has 0 heterocycles. The SMILES string of the molecule is C=CCC(Nc1ccc(C#N)cc1)(C(=O)O)c1cc(OC)c(OCc2ccccc2)c([N+](=O)[O-])c1. The number of benzene rings is 3. The Hall–Kier alpha value is -4.84. The molecule has 0 fully saturated rings. The van der Waals surface area contributed by atoms with Gasteiger partial charge in [-0.15, -0.1) is 6.58 Å². The third-order valence-corrected chi connectivity index (χ3v) is 5.36. The molecule has 9 nitrogen and oxygen atoms in total. The monoisotopic (exact) mass is 473 g/mol. The summed E-state index contributed by atoms with van der Waals surface area (Å²) in [5.74, 6) is -1.38. The Balaban J connectivity index is 2.12. The van der Waals surface area contributed by atoms with Gasteiger partial charge in [-0.05, 0) is 41.5 Å². The summed E-state index contributed by atoms with van der Waals surface area (Å²) in [6.45, 7) is 3.72. The minimum Gasteiger partial charge on any atom is -0.493 e. The zero-order valence-electron chi connectivity index (χ0n) is 18.9. The highest BCUT2D eigenvalue weighted by atomic mass is 16.6. The van der Waals surface area contributed by atoms with E-state index in [0.717, 1.165) is 11.6 Å². The molecule has 0 saturated heterocycles. The van der Waals surface area contributed by atoms with Crippen molar-refractivity contribution in [3.05, 3.63) is 106 Å². The van der Waals surface area contributed by atoms with E-state index in [9.17, 15) is 20.0 Å². The number of nitro benzene ring substituents is 1. The molecule has 0 radical (unpaired) electrons. The average molecular weight is 473 g/mol. The predicted molar refractivity (Wildman–Crippen MR) is 129 cm³/mol. The Labute approximate surface area is 202 Å². The van der Waals surface area contributed by atoms with Crippen molar-refractivity contribution in [2.24, 2.45) is 0 Å². The summed E-state index contributed by atoms with van der Waals surface area (Å²) in [5, 5.41) is 34.3. The second kappa shape index (κ2) is 10.9. The van der Waals surface area contributed by atoms with Gasteiger partial charge in [-0.25, -0.2) is 4.79 Å². The second-order valence-corrected chi connectivity index (χ2v) is 7.58. The molecule has 35 heavy (non-hydrogen) atoms. The van der Waals surface area contributed by atoms with Crippen LogP contribution in [0.1, 0.15) is 23.1 Å². The highest BCUT2D eigenvalue weighted by Crippen LogP contribution is 2.43. The van der Waals surface area contributed by atoms with Gasteiger partial charge in [0.25, 0.3) is 0 Å². The van der Waals surface area contributed by atoms with Gasteiger partial charge in [-0.2, -0.15) is 5.26 Å². The van der Waals surface area contributed by atoms with Crippen molar-refractivity contribution in [1.82, 2.24) is 0 Å². The highest BCUT2D eigenvalue weighted by Gasteiger charge is 2.42. The van der Waals surface area contributed by atoms with Crippen molar-refractivity contribution in [1.29, 1.82) is 5.26 Å². The molecule has 0 aliphatic rings. The van der Waals surface area contributed by atoms with Gasteiger partial charge in [-0.3, -0.25) is 10.1 Å². The van der Waals surface area contributed by atoms with Gasteiger partial charge in [0.05, 0.1) is 23.7 Å². The van der Waals surface area contributed by atoms with Gasteiger partial charge in [0.15, 0.2) is 11.3 Å². The van der Waals surface area contributed by atoms with Crippen molar-refractivity contribution in [3.63, 3.8) is 0 Å². The lowest BCUT2D eigenvalue weighted by Gasteiger charge is -2.31. The summed E-state index contributed by atoms with van der Waals surface area (Å²) < 4.78 is 11.1. The number of nitro groups is 1. The molecule has 1 atom stereocenters. The fourth-order valence-corrected chi connectivity index (χ4v) is 3.59. The van der Waals surface area contributed by atoms with Gasteiger partial charge in [-0.1, -0.05) is 36.4 Å². The number of anilines is 1. The zero-order chi connectivity index (χ0) is 25.4. The highest BCUT2D eigenvalue weighted by molar-refractivity contribution is 5.86. The molecule has 0 aromatic heterocycles. The van der Waals surface area contributed by atoms with E-state index in [1.165, 1.54) is 31.4 Å². The lowest BCUT2D eigenvalue weighted by atomic mass is 9.85. The number of carboxylic acids is 1. The first-order chi connectivity index (χ1) is 16.8. The summed E-state index contributed by atoms with van der Waals surface area (Å²) in [7, 11) is 1.32. The van der Waals surface area contributed by atoms with Crippen LogP contribution < -0.4 is 14.8 Å². The molecular weight excluding hydrogens is 450 g/mol. The van der Waals surface area contributed by atoms with Crippen LogP contribution in [0.5, 0.6) is 11.5 Å². The summed E-state index contributed by atoms with van der Waals surface area (Å²) in [6, 6.07) is 19.9. The lowest BCUT2D eigenvalue weighted by molar-refractivity contribution is -0.386. The number of hydrogen-bond acceptors (Lipinski definition) is 7. The molecule has 9 heteroatoms. The molecule has 0 spiro atoms. The topological polar surface area (TPSA) is 135 Å². The average Bonchev–Trinajstić information content (AvgIpc) is 2.87. The quantitative estimate of drug-likeness (QED) is 0.225. The molecule has 3 rings (SSSR count). The fourth-order valence-electron chi connectivity index (χ4n) is 3.59. The van der Waals surface area contributed by atoms with Crippen LogP contribution >= 0.6 is 0 Å². The number of aliphatic carboxylic acids is 1. The number of rotatable bonds is 11. The van der Waals surface area contributed by atoms with E-state index >= 15 is 0 Å². The van der Waals surface area contributed by atoms with Crippen molar-refractivity contribution in [2.45, 2.75) is 18.6 Å². The Morgan fingerprint density at radius 1 is 1.23 bits per heavy atom. The maximum Gasteiger partial charge on any atom is 0.334 e. The van der Waals surface area contributed by atoms with Crippen molar-refractivity contribution in [3.8, 4) is 17.6 Å². The zero-order valence-corrected chi connectivity index (χ0v) is 18.9. The number of methoxy groups -OCH3 is 1. The van der Waals surface area contributed by atoms with E-state index in [1.807, 2.05) is 36.4 Å². The molecule has 1 unspecified atom stereocenters. The molecule has 0 aliphatic heterocycles. The van der Waals surface area contributed by atoms with E-state index in [0.29, 0.717) is 11.3 Å². The van der Waals surface area contributed by atoms with E-state index in [4.69, 9.17) is 14.7 Å². The minimum atomic E-state index is -1.81. The molecule has 3 aromatic rings.